The van der Waals surface area contributed by atoms with Crippen LogP contribution in [0, 0.1) is 0 Å². The van der Waals surface area contributed by atoms with Gasteiger partial charge in [0.25, 0.3) is 5.89 Å². The fourth-order valence-corrected chi connectivity index (χ4v) is 3.29. The monoisotopic (exact) mass is 362 g/mol. The average Bonchev–Trinajstić information content (AvgIpc) is 3.49. The summed E-state index contributed by atoms with van der Waals surface area (Å²) in [5.41, 5.74) is 1.98. The standard InChI is InChI=1S/C19H18N6O2/c1-4-14(12-15(5-1)25-9-3-7-21-25)18-20-8-10-24(18)13-17-22-19(27-23-17)16-6-2-11-26-16/h1,3-5,7-10,12,16H,2,6,11,13H2. The number of rotatable bonds is 5. The van der Waals surface area contributed by atoms with Crippen LogP contribution in [0.4, 0.5) is 0 Å². The van der Waals surface area contributed by atoms with Gasteiger partial charge in [0.1, 0.15) is 11.9 Å². The van der Waals surface area contributed by atoms with Gasteiger partial charge in [-0.05, 0) is 31.0 Å². The molecule has 1 saturated heterocycles. The summed E-state index contributed by atoms with van der Waals surface area (Å²) in [6.07, 6.45) is 9.25. The Morgan fingerprint density at radius 2 is 2.15 bits per heavy atom. The van der Waals surface area contributed by atoms with Gasteiger partial charge in [-0.2, -0.15) is 10.1 Å². The van der Waals surface area contributed by atoms with Gasteiger partial charge in [-0.25, -0.2) is 9.67 Å². The van der Waals surface area contributed by atoms with Crippen LogP contribution in [0.1, 0.15) is 30.7 Å². The maximum absolute atomic E-state index is 5.61. The molecule has 0 spiro atoms. The fraction of sp³-hybridized carbons (Fsp3) is 0.263. The predicted molar refractivity (Wildman–Crippen MR) is 96.1 cm³/mol. The molecule has 0 radical (unpaired) electrons. The summed E-state index contributed by atoms with van der Waals surface area (Å²) < 4.78 is 14.8. The van der Waals surface area contributed by atoms with Gasteiger partial charge in [-0.3, -0.25) is 0 Å². The van der Waals surface area contributed by atoms with Crippen molar-refractivity contribution in [2.75, 3.05) is 6.61 Å². The van der Waals surface area contributed by atoms with Crippen LogP contribution in [-0.2, 0) is 11.3 Å². The quantitative estimate of drug-likeness (QED) is 0.543. The molecule has 3 aromatic heterocycles. The van der Waals surface area contributed by atoms with E-state index in [4.69, 9.17) is 9.26 Å². The number of benzene rings is 1. The number of hydrogen-bond donors (Lipinski definition) is 0. The SMILES string of the molecule is c1cc(-c2nccn2Cc2noc(C3CCCO3)n2)cc(-n2cccn2)c1. The van der Waals surface area contributed by atoms with Gasteiger partial charge in [0, 0.05) is 37.0 Å². The first-order valence-electron chi connectivity index (χ1n) is 8.92. The van der Waals surface area contributed by atoms with Crippen LogP contribution in [-0.4, -0.2) is 36.1 Å². The highest BCUT2D eigenvalue weighted by Crippen LogP contribution is 2.27. The van der Waals surface area contributed by atoms with Gasteiger partial charge in [0.2, 0.25) is 0 Å². The second-order valence-electron chi connectivity index (χ2n) is 6.43. The van der Waals surface area contributed by atoms with E-state index in [1.807, 2.05) is 45.9 Å². The topological polar surface area (TPSA) is 83.8 Å². The molecule has 1 aliphatic rings. The average molecular weight is 362 g/mol. The minimum absolute atomic E-state index is 0.0701. The maximum atomic E-state index is 5.61. The van der Waals surface area contributed by atoms with E-state index in [9.17, 15) is 0 Å². The van der Waals surface area contributed by atoms with Gasteiger partial charge in [-0.1, -0.05) is 17.3 Å². The third kappa shape index (κ3) is 3.15. The lowest BCUT2D eigenvalue weighted by Gasteiger charge is -2.08. The van der Waals surface area contributed by atoms with E-state index in [0.717, 1.165) is 36.5 Å². The molecule has 0 saturated carbocycles. The van der Waals surface area contributed by atoms with E-state index in [0.29, 0.717) is 18.3 Å². The highest BCUT2D eigenvalue weighted by molar-refractivity contribution is 5.59. The molecule has 0 aliphatic carbocycles. The van der Waals surface area contributed by atoms with E-state index in [1.165, 1.54) is 0 Å². The van der Waals surface area contributed by atoms with E-state index in [1.54, 1.807) is 12.4 Å². The lowest BCUT2D eigenvalue weighted by atomic mass is 10.2. The lowest BCUT2D eigenvalue weighted by Crippen LogP contribution is -2.04. The maximum Gasteiger partial charge on any atom is 0.255 e. The van der Waals surface area contributed by atoms with Crippen molar-refractivity contribution in [3.8, 4) is 17.1 Å². The summed E-state index contributed by atoms with van der Waals surface area (Å²) in [7, 11) is 0. The zero-order chi connectivity index (χ0) is 18.1. The van der Waals surface area contributed by atoms with E-state index in [-0.39, 0.29) is 6.10 Å². The molecular formula is C19H18N6O2. The predicted octanol–water partition coefficient (Wildman–Crippen LogP) is 3.02. The van der Waals surface area contributed by atoms with Crippen LogP contribution in [0.15, 0.2) is 59.6 Å². The number of nitrogens with zero attached hydrogens (tertiary/aromatic N) is 6. The van der Waals surface area contributed by atoms with Crippen LogP contribution in [0.2, 0.25) is 0 Å². The Hall–Kier alpha value is -3.26. The molecule has 136 valence electrons. The number of imidazole rings is 1. The molecule has 27 heavy (non-hydrogen) atoms. The fourth-order valence-electron chi connectivity index (χ4n) is 3.29. The molecule has 4 heterocycles. The van der Waals surface area contributed by atoms with Gasteiger partial charge in [-0.15, -0.1) is 0 Å². The first-order chi connectivity index (χ1) is 13.4. The van der Waals surface area contributed by atoms with Crippen LogP contribution in [0.25, 0.3) is 17.1 Å². The smallest absolute Gasteiger partial charge is 0.255 e. The molecule has 1 atom stereocenters. The van der Waals surface area contributed by atoms with Crippen LogP contribution in [0.5, 0.6) is 0 Å². The Bertz CT molecular complexity index is 1030. The minimum Gasteiger partial charge on any atom is -0.368 e. The van der Waals surface area contributed by atoms with Gasteiger partial charge in [0.05, 0.1) is 12.2 Å². The minimum atomic E-state index is -0.0701. The van der Waals surface area contributed by atoms with E-state index in [2.05, 4.69) is 26.3 Å². The molecule has 4 aromatic rings. The van der Waals surface area contributed by atoms with Crippen LogP contribution in [0.3, 0.4) is 0 Å². The van der Waals surface area contributed by atoms with Crippen LogP contribution >= 0.6 is 0 Å². The van der Waals surface area contributed by atoms with Gasteiger partial charge < -0.3 is 13.8 Å². The molecule has 1 unspecified atom stereocenters. The molecular weight excluding hydrogens is 344 g/mol. The summed E-state index contributed by atoms with van der Waals surface area (Å²) in [5.74, 6) is 2.01. The summed E-state index contributed by atoms with van der Waals surface area (Å²) in [6.45, 7) is 1.23. The molecule has 8 heteroatoms. The molecule has 0 bridgehead atoms. The molecule has 1 aromatic carbocycles. The van der Waals surface area contributed by atoms with Crippen molar-refractivity contribution in [3.63, 3.8) is 0 Å². The summed E-state index contributed by atoms with van der Waals surface area (Å²) >= 11 is 0. The Morgan fingerprint density at radius 1 is 1.15 bits per heavy atom. The van der Waals surface area contributed by atoms with Crippen molar-refractivity contribution < 1.29 is 9.26 Å². The van der Waals surface area contributed by atoms with E-state index < -0.39 is 0 Å². The van der Waals surface area contributed by atoms with Gasteiger partial charge >= 0.3 is 0 Å². The van der Waals surface area contributed by atoms with Crippen LogP contribution < -0.4 is 0 Å². The normalized spacial score (nSPS) is 16.8. The third-order valence-electron chi connectivity index (χ3n) is 4.59. The Kier molecular flexibility index (Phi) is 4.02. The van der Waals surface area contributed by atoms with Crippen molar-refractivity contribution in [2.45, 2.75) is 25.5 Å². The Morgan fingerprint density at radius 3 is 3.00 bits per heavy atom. The third-order valence-corrected chi connectivity index (χ3v) is 4.59. The lowest BCUT2D eigenvalue weighted by molar-refractivity contribution is 0.0835. The van der Waals surface area contributed by atoms with Crippen molar-refractivity contribution in [1.29, 1.82) is 0 Å². The zero-order valence-corrected chi connectivity index (χ0v) is 14.6. The molecule has 1 aliphatic heterocycles. The first-order valence-corrected chi connectivity index (χ1v) is 8.92. The Balaban J connectivity index is 1.41. The highest BCUT2D eigenvalue weighted by atomic mass is 16.5. The second-order valence-corrected chi connectivity index (χ2v) is 6.43. The van der Waals surface area contributed by atoms with Crippen molar-refractivity contribution >= 4 is 0 Å². The molecule has 8 nitrogen and oxygen atoms in total. The number of aromatic nitrogens is 6. The number of ether oxygens (including phenoxy) is 1. The van der Waals surface area contributed by atoms with Crippen molar-refractivity contribution in [3.05, 3.63) is 66.8 Å². The molecule has 0 N–H and O–H groups in total. The van der Waals surface area contributed by atoms with Gasteiger partial charge in [0.15, 0.2) is 5.82 Å². The molecule has 0 amide bonds. The second kappa shape index (κ2) is 6.81. The highest BCUT2D eigenvalue weighted by Gasteiger charge is 2.24. The summed E-state index contributed by atoms with van der Waals surface area (Å²) in [4.78, 5) is 9.01. The molecule has 5 rings (SSSR count). The number of hydrogen-bond acceptors (Lipinski definition) is 6. The largest absolute Gasteiger partial charge is 0.368 e. The summed E-state index contributed by atoms with van der Waals surface area (Å²) in [5, 5.41) is 8.38. The molecule has 1 fully saturated rings. The Labute approximate surface area is 155 Å². The van der Waals surface area contributed by atoms with E-state index >= 15 is 0 Å². The first kappa shape index (κ1) is 16.0. The zero-order valence-electron chi connectivity index (χ0n) is 14.6. The van der Waals surface area contributed by atoms with Crippen molar-refractivity contribution in [1.82, 2.24) is 29.5 Å². The summed E-state index contributed by atoms with van der Waals surface area (Å²) in [6, 6.07) is 9.99. The van der Waals surface area contributed by atoms with Crippen molar-refractivity contribution in [2.24, 2.45) is 0 Å².